The van der Waals surface area contributed by atoms with Crippen LogP contribution in [0.4, 0.5) is 0 Å². The lowest BCUT2D eigenvalue weighted by atomic mass is 9.95. The van der Waals surface area contributed by atoms with Crippen LogP contribution in [0, 0.1) is 5.92 Å². The van der Waals surface area contributed by atoms with Crippen LogP contribution in [0.5, 0.6) is 0 Å². The quantitative estimate of drug-likeness (QED) is 0.665. The van der Waals surface area contributed by atoms with Gasteiger partial charge in [0.2, 0.25) is 0 Å². The molecule has 2 heteroatoms. The summed E-state index contributed by atoms with van der Waals surface area (Å²) in [5, 5.41) is 0. The monoisotopic (exact) mass is 164 g/mol. The molecule has 2 atom stereocenters. The van der Waals surface area contributed by atoms with Gasteiger partial charge in [-0.25, -0.2) is 0 Å². The van der Waals surface area contributed by atoms with Gasteiger partial charge in [-0.05, 0) is 30.0 Å². The summed E-state index contributed by atoms with van der Waals surface area (Å²) in [6, 6.07) is 0. The molecule has 0 aliphatic heterocycles. The van der Waals surface area contributed by atoms with E-state index in [4.69, 9.17) is 5.73 Å². The zero-order valence-corrected chi connectivity index (χ0v) is 7.75. The van der Waals surface area contributed by atoms with Gasteiger partial charge in [0, 0.05) is 25.4 Å². The van der Waals surface area contributed by atoms with E-state index in [0.717, 1.165) is 12.5 Å². The van der Waals surface area contributed by atoms with Crippen molar-refractivity contribution in [1.29, 1.82) is 0 Å². The van der Waals surface area contributed by atoms with Gasteiger partial charge in [-0.1, -0.05) is 6.92 Å². The van der Waals surface area contributed by atoms with Crippen LogP contribution < -0.4 is 5.73 Å². The number of aryl methyl sites for hydroxylation is 1. The minimum Gasteiger partial charge on any atom is -0.357 e. The maximum Gasteiger partial charge on any atom is 0.0106 e. The van der Waals surface area contributed by atoms with Gasteiger partial charge in [-0.15, -0.1) is 0 Å². The molecule has 1 aliphatic carbocycles. The van der Waals surface area contributed by atoms with E-state index in [-0.39, 0.29) is 0 Å². The summed E-state index contributed by atoms with van der Waals surface area (Å²) < 4.78 is 2.14. The molecule has 0 aromatic carbocycles. The fourth-order valence-electron chi connectivity index (χ4n) is 2.32. The summed E-state index contributed by atoms with van der Waals surface area (Å²) in [5.74, 6) is 1.34. The summed E-state index contributed by atoms with van der Waals surface area (Å²) in [4.78, 5) is 0. The Kier molecular flexibility index (Phi) is 1.72. The fraction of sp³-hybridized carbons (Fsp3) is 0.600. The molecular weight excluding hydrogens is 148 g/mol. The third-order valence-corrected chi connectivity index (χ3v) is 2.96. The number of aromatic nitrogens is 1. The highest BCUT2D eigenvalue weighted by atomic mass is 14.9. The number of fused-ring (bicyclic) bond motifs is 1. The normalized spacial score (nSPS) is 27.6. The van der Waals surface area contributed by atoms with Crippen molar-refractivity contribution in [3.8, 4) is 0 Å². The van der Waals surface area contributed by atoms with Gasteiger partial charge in [0.15, 0.2) is 0 Å². The van der Waals surface area contributed by atoms with Crippen LogP contribution in [0.2, 0.25) is 0 Å². The van der Waals surface area contributed by atoms with Gasteiger partial charge in [0.05, 0.1) is 0 Å². The number of hydrogen-bond acceptors (Lipinski definition) is 1. The Bertz CT molecular complexity index is 288. The van der Waals surface area contributed by atoms with Crippen LogP contribution in [0.15, 0.2) is 12.4 Å². The molecule has 2 nitrogen and oxygen atoms in total. The number of nitrogens with two attached hydrogens (primary N) is 1. The number of rotatable bonds is 1. The summed E-state index contributed by atoms with van der Waals surface area (Å²) >= 11 is 0. The molecule has 12 heavy (non-hydrogen) atoms. The highest BCUT2D eigenvalue weighted by molar-refractivity contribution is 5.34. The second-order valence-electron chi connectivity index (χ2n) is 3.93. The lowest BCUT2D eigenvalue weighted by molar-refractivity contribution is 0.502. The zero-order chi connectivity index (χ0) is 8.72. The maximum atomic E-state index is 5.74. The Morgan fingerprint density at radius 1 is 1.58 bits per heavy atom. The fourth-order valence-corrected chi connectivity index (χ4v) is 2.32. The first-order valence-electron chi connectivity index (χ1n) is 4.57. The van der Waals surface area contributed by atoms with Gasteiger partial charge in [-0.3, -0.25) is 0 Å². The van der Waals surface area contributed by atoms with Crippen molar-refractivity contribution < 1.29 is 0 Å². The van der Waals surface area contributed by atoms with E-state index in [1.807, 2.05) is 0 Å². The van der Waals surface area contributed by atoms with Crippen LogP contribution in [0.25, 0.3) is 0 Å². The first kappa shape index (κ1) is 7.87. The highest BCUT2D eigenvalue weighted by Gasteiger charge is 2.29. The third-order valence-electron chi connectivity index (χ3n) is 2.96. The average molecular weight is 164 g/mol. The molecule has 2 unspecified atom stereocenters. The number of nitrogens with zero attached hydrogens (tertiary/aromatic N) is 1. The Morgan fingerprint density at radius 3 is 3.00 bits per heavy atom. The summed E-state index contributed by atoms with van der Waals surface area (Å²) in [7, 11) is 2.08. The predicted octanol–water partition coefficient (Wildman–Crippen LogP) is 1.26. The smallest absolute Gasteiger partial charge is 0.0106 e. The van der Waals surface area contributed by atoms with Crippen LogP contribution >= 0.6 is 0 Å². The first-order valence-corrected chi connectivity index (χ1v) is 4.57. The molecule has 2 N–H and O–H groups in total. The third kappa shape index (κ3) is 0.985. The molecule has 1 aromatic rings. The van der Waals surface area contributed by atoms with Gasteiger partial charge in [-0.2, -0.15) is 0 Å². The van der Waals surface area contributed by atoms with E-state index in [1.165, 1.54) is 17.5 Å². The lowest BCUT2D eigenvalue weighted by Crippen LogP contribution is -2.15. The van der Waals surface area contributed by atoms with Crippen molar-refractivity contribution in [2.24, 2.45) is 18.7 Å². The van der Waals surface area contributed by atoms with Gasteiger partial charge < -0.3 is 10.3 Å². The molecule has 0 saturated heterocycles. The van der Waals surface area contributed by atoms with Crippen LogP contribution in [-0.2, 0) is 13.5 Å². The van der Waals surface area contributed by atoms with E-state index in [1.54, 1.807) is 0 Å². The van der Waals surface area contributed by atoms with Crippen molar-refractivity contribution in [1.82, 2.24) is 4.57 Å². The Balaban J connectivity index is 2.38. The Hall–Kier alpha value is -0.760. The Morgan fingerprint density at radius 2 is 2.33 bits per heavy atom. The Labute approximate surface area is 73.4 Å². The van der Waals surface area contributed by atoms with E-state index in [9.17, 15) is 0 Å². The molecular formula is C10H16N2. The van der Waals surface area contributed by atoms with Gasteiger partial charge in [0.25, 0.3) is 0 Å². The molecule has 1 aromatic heterocycles. The molecule has 0 amide bonds. The predicted molar refractivity (Wildman–Crippen MR) is 50.1 cm³/mol. The van der Waals surface area contributed by atoms with E-state index >= 15 is 0 Å². The molecule has 66 valence electrons. The van der Waals surface area contributed by atoms with E-state index in [0.29, 0.717) is 5.92 Å². The number of hydrogen-bond donors (Lipinski definition) is 1. The molecule has 1 heterocycles. The van der Waals surface area contributed by atoms with Crippen LogP contribution in [0.3, 0.4) is 0 Å². The molecule has 2 rings (SSSR count). The second-order valence-corrected chi connectivity index (χ2v) is 3.93. The maximum absolute atomic E-state index is 5.74. The summed E-state index contributed by atoms with van der Waals surface area (Å²) in [6.07, 6.45) is 5.65. The SMILES string of the molecule is CC1Cc2cn(C)cc2C1CN. The van der Waals surface area contributed by atoms with Gasteiger partial charge in [0.1, 0.15) is 0 Å². The van der Waals surface area contributed by atoms with E-state index < -0.39 is 0 Å². The van der Waals surface area contributed by atoms with Crippen molar-refractivity contribution >= 4 is 0 Å². The molecule has 0 radical (unpaired) electrons. The minimum atomic E-state index is 0.598. The van der Waals surface area contributed by atoms with Crippen LogP contribution in [-0.4, -0.2) is 11.1 Å². The largest absolute Gasteiger partial charge is 0.357 e. The molecule has 1 aliphatic rings. The van der Waals surface area contributed by atoms with Crippen LogP contribution in [0.1, 0.15) is 24.0 Å². The summed E-state index contributed by atoms with van der Waals surface area (Å²) in [6.45, 7) is 3.08. The zero-order valence-electron chi connectivity index (χ0n) is 7.75. The topological polar surface area (TPSA) is 30.9 Å². The van der Waals surface area contributed by atoms with Crippen molar-refractivity contribution in [3.63, 3.8) is 0 Å². The molecule has 0 fully saturated rings. The molecule has 0 spiro atoms. The molecule has 0 saturated carbocycles. The van der Waals surface area contributed by atoms with Gasteiger partial charge >= 0.3 is 0 Å². The van der Waals surface area contributed by atoms with Crippen molar-refractivity contribution in [3.05, 3.63) is 23.5 Å². The van der Waals surface area contributed by atoms with E-state index in [2.05, 4.69) is 30.9 Å². The average Bonchev–Trinajstić information content (AvgIpc) is 2.43. The molecule has 0 bridgehead atoms. The van der Waals surface area contributed by atoms with Crippen molar-refractivity contribution in [2.45, 2.75) is 19.3 Å². The first-order chi connectivity index (χ1) is 5.72. The standard InChI is InChI=1S/C10H16N2/c1-7-3-8-5-12(2)6-10(8)9(7)4-11/h5-7,9H,3-4,11H2,1-2H3. The minimum absolute atomic E-state index is 0.598. The lowest BCUT2D eigenvalue weighted by Gasteiger charge is -2.12. The van der Waals surface area contributed by atoms with Crippen molar-refractivity contribution in [2.75, 3.05) is 6.54 Å². The highest BCUT2D eigenvalue weighted by Crippen LogP contribution is 2.37. The summed E-state index contributed by atoms with van der Waals surface area (Å²) in [5.41, 5.74) is 8.72. The second kappa shape index (κ2) is 2.63.